The van der Waals surface area contributed by atoms with Crippen LogP contribution in [-0.4, -0.2) is 139 Å². The van der Waals surface area contributed by atoms with E-state index < -0.39 is 92.7 Å². The molecule has 0 unspecified atom stereocenters. The van der Waals surface area contributed by atoms with Crippen LogP contribution in [-0.2, 0) is 28.5 Å². The van der Waals surface area contributed by atoms with E-state index in [2.05, 4.69) is 0 Å². The Hall–Kier alpha value is -2.02. The van der Waals surface area contributed by atoms with Crippen molar-refractivity contribution >= 4 is 11.9 Å². The highest BCUT2D eigenvalue weighted by Gasteiger charge is 2.58. The summed E-state index contributed by atoms with van der Waals surface area (Å²) >= 11 is 0. The Morgan fingerprint density at radius 3 is 2.26 bits per heavy atom. The third-order valence-electron chi connectivity index (χ3n) is 6.62. The fourth-order valence-corrected chi connectivity index (χ4v) is 4.00. The zero-order valence-electron chi connectivity index (χ0n) is 21.5. The van der Waals surface area contributed by atoms with Gasteiger partial charge in [0, 0.05) is 5.57 Å². The van der Waals surface area contributed by atoms with Gasteiger partial charge in [-0.2, -0.15) is 0 Å². The zero-order valence-corrected chi connectivity index (χ0v) is 21.5. The number of carboxylic acids is 1. The number of aliphatic carboxylic acids is 1. The minimum Gasteiger partial charge on any atom is -0.481 e. The van der Waals surface area contributed by atoms with Crippen molar-refractivity contribution in [2.24, 2.45) is 5.92 Å². The van der Waals surface area contributed by atoms with Crippen molar-refractivity contribution in [3.05, 3.63) is 23.8 Å². The Bertz CT molecular complexity index is 878. The zero-order chi connectivity index (χ0) is 29.5. The first kappa shape index (κ1) is 33.2. The van der Waals surface area contributed by atoms with E-state index in [1.165, 1.54) is 19.1 Å². The first-order valence-electron chi connectivity index (χ1n) is 12.3. The summed E-state index contributed by atoms with van der Waals surface area (Å²) in [7, 11) is 0. The van der Waals surface area contributed by atoms with Gasteiger partial charge in [0.25, 0.3) is 0 Å². The molecule has 0 bridgehead atoms. The lowest BCUT2D eigenvalue weighted by molar-refractivity contribution is -0.383. The van der Waals surface area contributed by atoms with Crippen LogP contribution in [0.5, 0.6) is 0 Å². The van der Waals surface area contributed by atoms with Gasteiger partial charge in [-0.25, -0.2) is 4.79 Å². The van der Waals surface area contributed by atoms with Gasteiger partial charge in [-0.1, -0.05) is 25.2 Å². The molecule has 0 aromatic carbocycles. The highest BCUT2D eigenvalue weighted by Crippen LogP contribution is 2.36. The van der Waals surface area contributed by atoms with Gasteiger partial charge in [-0.3, -0.25) is 4.79 Å². The third-order valence-corrected chi connectivity index (χ3v) is 6.62. The molecule has 2 aliphatic heterocycles. The second-order valence-electron chi connectivity index (χ2n) is 9.63. The molecule has 2 aliphatic rings. The van der Waals surface area contributed by atoms with Gasteiger partial charge in [0.05, 0.1) is 19.1 Å². The summed E-state index contributed by atoms with van der Waals surface area (Å²) in [6, 6.07) is 0. The summed E-state index contributed by atoms with van der Waals surface area (Å²) in [6.45, 7) is 0.737. The predicted octanol–water partition coefficient (Wildman–Crippen LogP) is -3.48. The smallest absolute Gasteiger partial charge is 0.333 e. The van der Waals surface area contributed by atoms with Crippen LogP contribution in [0, 0.1) is 5.92 Å². The Labute approximate surface area is 224 Å². The molecule has 2 heterocycles. The number of hydrogen-bond donors (Lipinski definition) is 9. The SMILES string of the molecule is C/C(=C\C=C\C[C@@H](C)[C@H](O)CC(=O)O)C(=O)OC[C@H]1O[C@H](O[C@]2(CO)O[C@H](CO)[C@@H](O)[C@@H]2O)[C@H](O)[C@@H](O)[C@@H]1O. The summed E-state index contributed by atoms with van der Waals surface area (Å²) in [5.41, 5.74) is 0.134. The number of allylic oxidation sites excluding steroid dienone is 3. The lowest BCUT2D eigenvalue weighted by Crippen LogP contribution is -2.62. The Kier molecular flexibility index (Phi) is 12.4. The molecule has 11 atom stereocenters. The Morgan fingerprint density at radius 2 is 1.69 bits per heavy atom. The summed E-state index contributed by atoms with van der Waals surface area (Å²) < 4.78 is 21.2. The van der Waals surface area contributed by atoms with Gasteiger partial charge in [-0.05, 0) is 19.3 Å². The highest BCUT2D eigenvalue weighted by molar-refractivity contribution is 5.88. The summed E-state index contributed by atoms with van der Waals surface area (Å²) in [5.74, 6) is -4.61. The van der Waals surface area contributed by atoms with Crippen molar-refractivity contribution in [3.63, 3.8) is 0 Å². The second kappa shape index (κ2) is 14.6. The second-order valence-corrected chi connectivity index (χ2v) is 9.63. The van der Waals surface area contributed by atoms with E-state index in [9.17, 15) is 50.4 Å². The molecule has 0 aromatic rings. The number of hydrogen-bond acceptors (Lipinski definition) is 14. The summed E-state index contributed by atoms with van der Waals surface area (Å²) in [4.78, 5) is 23.0. The lowest BCUT2D eigenvalue weighted by Gasteiger charge is -2.43. The molecule has 0 amide bonds. The molecular formula is C24H38O15. The highest BCUT2D eigenvalue weighted by atomic mass is 16.8. The number of aliphatic hydroxyl groups excluding tert-OH is 8. The van der Waals surface area contributed by atoms with E-state index in [0.717, 1.165) is 0 Å². The van der Waals surface area contributed by atoms with E-state index in [4.69, 9.17) is 24.1 Å². The standard InChI is InChI=1S/C24H38O15/c1-11(13(27)7-16(28)29)5-3-4-6-12(2)22(35)36-9-15-17(30)19(32)20(33)23(37-15)39-24(10-26)21(34)18(31)14(8-25)38-24/h3-4,6,11,13-15,17-21,23,25-27,30-34H,5,7-10H2,1-2H3,(H,28,29)/b4-3+,12-6+/t11-,13-,14-,15-,17-,18-,19+,20-,21+,23-,24+/m1/s1. The van der Waals surface area contributed by atoms with E-state index in [1.807, 2.05) is 0 Å². The number of carboxylic acid groups (broad SMARTS) is 1. The van der Waals surface area contributed by atoms with Gasteiger partial charge in [0.2, 0.25) is 5.79 Å². The quantitative estimate of drug-likeness (QED) is 0.0596. The van der Waals surface area contributed by atoms with Gasteiger partial charge in [0.15, 0.2) is 6.29 Å². The minimum atomic E-state index is -2.34. The maximum absolute atomic E-state index is 12.4. The third kappa shape index (κ3) is 8.25. The van der Waals surface area contributed by atoms with Gasteiger partial charge >= 0.3 is 11.9 Å². The number of aliphatic hydroxyl groups is 8. The molecule has 0 saturated carbocycles. The average molecular weight is 567 g/mol. The molecule has 39 heavy (non-hydrogen) atoms. The number of rotatable bonds is 13. The van der Waals surface area contributed by atoms with Crippen molar-refractivity contribution in [3.8, 4) is 0 Å². The topological polar surface area (TPSA) is 253 Å². The molecule has 15 nitrogen and oxygen atoms in total. The minimum absolute atomic E-state index is 0.134. The molecular weight excluding hydrogens is 528 g/mol. The van der Waals surface area contributed by atoms with Crippen molar-refractivity contribution < 1.29 is 74.5 Å². The monoisotopic (exact) mass is 566 g/mol. The summed E-state index contributed by atoms with van der Waals surface area (Å²) in [6.07, 6.45) is -10.1. The maximum atomic E-state index is 12.4. The molecule has 2 saturated heterocycles. The van der Waals surface area contributed by atoms with E-state index >= 15 is 0 Å². The van der Waals surface area contributed by atoms with Crippen LogP contribution in [0.15, 0.2) is 23.8 Å². The average Bonchev–Trinajstić information content (AvgIpc) is 3.14. The van der Waals surface area contributed by atoms with E-state index in [1.54, 1.807) is 13.0 Å². The van der Waals surface area contributed by atoms with Crippen molar-refractivity contribution in [1.29, 1.82) is 0 Å². The fourth-order valence-electron chi connectivity index (χ4n) is 4.00. The van der Waals surface area contributed by atoms with Crippen LogP contribution in [0.1, 0.15) is 26.7 Å². The van der Waals surface area contributed by atoms with Gasteiger partial charge in [0.1, 0.15) is 55.9 Å². The van der Waals surface area contributed by atoms with Crippen LogP contribution in [0.2, 0.25) is 0 Å². The normalized spacial score (nSPS) is 37.1. The maximum Gasteiger partial charge on any atom is 0.333 e. The summed E-state index contributed by atoms with van der Waals surface area (Å²) in [5, 5.41) is 88.7. The van der Waals surface area contributed by atoms with Gasteiger partial charge < -0.3 is 64.9 Å². The number of carbonyl (C=O) groups is 2. The molecule has 0 radical (unpaired) electrons. The van der Waals surface area contributed by atoms with Crippen LogP contribution in [0.3, 0.4) is 0 Å². The number of carbonyl (C=O) groups excluding carboxylic acids is 1. The molecule has 15 heteroatoms. The van der Waals surface area contributed by atoms with Crippen LogP contribution in [0.25, 0.3) is 0 Å². The number of esters is 1. The molecule has 2 fully saturated rings. The Morgan fingerprint density at radius 1 is 1.03 bits per heavy atom. The van der Waals surface area contributed by atoms with Crippen LogP contribution < -0.4 is 0 Å². The molecule has 2 rings (SSSR count). The van der Waals surface area contributed by atoms with E-state index in [-0.39, 0.29) is 17.9 Å². The largest absolute Gasteiger partial charge is 0.481 e. The predicted molar refractivity (Wildman–Crippen MR) is 127 cm³/mol. The first-order valence-corrected chi connectivity index (χ1v) is 12.3. The molecule has 9 N–H and O–H groups in total. The van der Waals surface area contributed by atoms with Gasteiger partial charge in [-0.15, -0.1) is 0 Å². The fraction of sp³-hybridized carbons (Fsp3) is 0.750. The molecule has 0 aromatic heterocycles. The van der Waals surface area contributed by atoms with Crippen molar-refractivity contribution in [2.75, 3.05) is 19.8 Å². The number of ether oxygens (including phenoxy) is 4. The van der Waals surface area contributed by atoms with Crippen molar-refractivity contribution in [1.82, 2.24) is 0 Å². The molecule has 0 spiro atoms. The van der Waals surface area contributed by atoms with Crippen molar-refractivity contribution in [2.45, 2.75) is 87.6 Å². The first-order chi connectivity index (χ1) is 18.3. The molecule has 224 valence electrons. The van der Waals surface area contributed by atoms with Crippen LogP contribution in [0.4, 0.5) is 0 Å². The van der Waals surface area contributed by atoms with Crippen LogP contribution >= 0.6 is 0 Å². The lowest BCUT2D eigenvalue weighted by atomic mass is 9.98. The Balaban J connectivity index is 1.98. The molecule has 0 aliphatic carbocycles. The van der Waals surface area contributed by atoms with E-state index in [0.29, 0.717) is 6.42 Å².